The van der Waals surface area contributed by atoms with Gasteiger partial charge in [0.15, 0.2) is 5.66 Å². The van der Waals surface area contributed by atoms with E-state index >= 15 is 0 Å². The summed E-state index contributed by atoms with van der Waals surface area (Å²) >= 11 is 0. The molecule has 0 bridgehead atoms. The van der Waals surface area contributed by atoms with Crippen LogP contribution >= 0.6 is 0 Å². The predicted octanol–water partition coefficient (Wildman–Crippen LogP) is 2.95. The number of rotatable bonds is 7. The van der Waals surface area contributed by atoms with E-state index in [-0.39, 0.29) is 31.0 Å². The van der Waals surface area contributed by atoms with Crippen LogP contribution in [0.5, 0.6) is 0 Å². The Bertz CT molecular complexity index is 828. The highest BCUT2D eigenvalue weighted by molar-refractivity contribution is 5.79. The maximum atomic E-state index is 14.1. The van der Waals surface area contributed by atoms with Crippen molar-refractivity contribution in [3.8, 4) is 12.3 Å². The van der Waals surface area contributed by atoms with Crippen molar-refractivity contribution >= 4 is 11.9 Å². The fourth-order valence-electron chi connectivity index (χ4n) is 3.51. The van der Waals surface area contributed by atoms with Crippen molar-refractivity contribution in [2.75, 3.05) is 13.1 Å². The molecule has 3 rings (SSSR count). The first-order valence-corrected chi connectivity index (χ1v) is 8.68. The number of carboxylic acids is 1. The van der Waals surface area contributed by atoms with Crippen LogP contribution in [0.1, 0.15) is 37.2 Å². The fourth-order valence-corrected chi connectivity index (χ4v) is 3.51. The number of hydrogen-bond acceptors (Lipinski definition) is 4. The molecule has 1 aromatic carbocycles. The summed E-state index contributed by atoms with van der Waals surface area (Å²) in [6.07, 6.45) is 6.90. The molecule has 0 aliphatic carbocycles. The first-order chi connectivity index (χ1) is 12.8. The number of carbonyl (C=O) groups excluding carboxylic acids is 1. The number of hydrogen-bond donors (Lipinski definition) is 1. The summed E-state index contributed by atoms with van der Waals surface area (Å²) in [7, 11) is 0. The van der Waals surface area contributed by atoms with Crippen LogP contribution in [-0.2, 0) is 9.59 Å². The highest BCUT2D eigenvalue weighted by atomic mass is 19.1. The van der Waals surface area contributed by atoms with Gasteiger partial charge in [-0.3, -0.25) is 9.59 Å². The minimum Gasteiger partial charge on any atom is -0.481 e. The minimum absolute atomic E-state index is 0.0126. The van der Waals surface area contributed by atoms with Crippen LogP contribution in [0.3, 0.4) is 0 Å². The average Bonchev–Trinajstić information content (AvgIpc) is 3.26. The fraction of sp³-hybridized carbons (Fsp3) is 0.474. The third-order valence-corrected chi connectivity index (χ3v) is 5.14. The zero-order chi connectivity index (χ0) is 19.6. The van der Waals surface area contributed by atoms with E-state index in [0.29, 0.717) is 19.3 Å². The molecule has 1 aromatic rings. The highest BCUT2D eigenvalue weighted by Crippen LogP contribution is 2.39. The molecule has 0 saturated carbocycles. The number of terminal acetylenes is 1. The van der Waals surface area contributed by atoms with Crippen molar-refractivity contribution in [3.63, 3.8) is 0 Å². The lowest BCUT2D eigenvalue weighted by Crippen LogP contribution is -2.30. The summed E-state index contributed by atoms with van der Waals surface area (Å²) in [5, 5.41) is 17.4. The van der Waals surface area contributed by atoms with Crippen LogP contribution in [0, 0.1) is 29.9 Å². The molecule has 2 heterocycles. The summed E-state index contributed by atoms with van der Waals surface area (Å²) in [5.74, 6) is -2.04. The molecule has 0 aromatic heterocycles. The van der Waals surface area contributed by atoms with Gasteiger partial charge in [-0.05, 0) is 11.6 Å². The van der Waals surface area contributed by atoms with Crippen LogP contribution in [0.15, 0.2) is 28.4 Å². The zero-order valence-electron chi connectivity index (χ0n) is 14.6. The van der Waals surface area contributed by atoms with E-state index in [1.54, 1.807) is 0 Å². The van der Waals surface area contributed by atoms with Gasteiger partial charge in [0.1, 0.15) is 11.6 Å². The van der Waals surface area contributed by atoms with Gasteiger partial charge in [0.25, 0.3) is 0 Å². The molecule has 1 fully saturated rings. The zero-order valence-corrected chi connectivity index (χ0v) is 14.6. The molecular weight excluding hydrogens is 356 g/mol. The minimum atomic E-state index is -1.11. The monoisotopic (exact) mass is 375 g/mol. The summed E-state index contributed by atoms with van der Waals surface area (Å²) < 4.78 is 27.3. The number of amides is 1. The number of aliphatic carboxylic acids is 1. The Kier molecular flexibility index (Phi) is 5.22. The SMILES string of the molecule is C#CCCC1(CCC(=O)N2C[C@@H](C(=O)O)[C@H](c3ccc(F)cc3F)C2)N=N1. The number of carbonyl (C=O) groups is 2. The summed E-state index contributed by atoms with van der Waals surface area (Å²) in [6.45, 7) is 0.0608. The summed E-state index contributed by atoms with van der Waals surface area (Å²) in [4.78, 5) is 25.5. The average molecular weight is 375 g/mol. The van der Waals surface area contributed by atoms with E-state index in [1.165, 1.54) is 11.0 Å². The van der Waals surface area contributed by atoms with Crippen molar-refractivity contribution in [2.24, 2.45) is 16.1 Å². The second kappa shape index (κ2) is 7.43. The molecule has 1 saturated heterocycles. The molecule has 142 valence electrons. The van der Waals surface area contributed by atoms with Crippen molar-refractivity contribution in [1.82, 2.24) is 4.90 Å². The second-order valence-corrected chi connectivity index (χ2v) is 6.90. The van der Waals surface area contributed by atoms with E-state index in [0.717, 1.165) is 12.1 Å². The van der Waals surface area contributed by atoms with Crippen molar-refractivity contribution in [2.45, 2.75) is 37.3 Å². The molecule has 6 nitrogen and oxygen atoms in total. The van der Waals surface area contributed by atoms with Crippen LogP contribution < -0.4 is 0 Å². The van der Waals surface area contributed by atoms with Crippen LogP contribution in [0.2, 0.25) is 0 Å². The Labute approximate surface area is 155 Å². The number of carboxylic acid groups (broad SMARTS) is 1. The first kappa shape index (κ1) is 19.0. The Morgan fingerprint density at radius 3 is 2.63 bits per heavy atom. The maximum Gasteiger partial charge on any atom is 0.308 e. The third-order valence-electron chi connectivity index (χ3n) is 5.14. The number of halogens is 2. The summed E-state index contributed by atoms with van der Waals surface area (Å²) in [5.41, 5.74) is -0.479. The highest BCUT2D eigenvalue weighted by Gasteiger charge is 2.43. The van der Waals surface area contributed by atoms with E-state index in [1.807, 2.05) is 0 Å². The predicted molar refractivity (Wildman–Crippen MR) is 91.7 cm³/mol. The lowest BCUT2D eigenvalue weighted by molar-refractivity contribution is -0.141. The molecule has 2 atom stereocenters. The van der Waals surface area contributed by atoms with Crippen molar-refractivity contribution in [1.29, 1.82) is 0 Å². The lowest BCUT2D eigenvalue weighted by Gasteiger charge is -2.18. The molecule has 1 amide bonds. The standard InChI is InChI=1S/C19H19F2N3O3/c1-2-3-7-19(22-23-19)8-6-17(25)24-10-14(15(11-24)18(26)27)13-5-4-12(20)9-16(13)21/h1,4-5,9,14-15H,3,6-8,10-11H2,(H,26,27)/t14-,15+/m0/s1. The largest absolute Gasteiger partial charge is 0.481 e. The number of nitrogens with zero attached hydrogens (tertiary/aromatic N) is 3. The van der Waals surface area contributed by atoms with Crippen molar-refractivity contribution < 1.29 is 23.5 Å². The van der Waals surface area contributed by atoms with Gasteiger partial charge >= 0.3 is 5.97 Å². The molecule has 0 radical (unpaired) electrons. The topological polar surface area (TPSA) is 82.3 Å². The molecule has 27 heavy (non-hydrogen) atoms. The van der Waals surface area contributed by atoms with Gasteiger partial charge < -0.3 is 10.0 Å². The Balaban J connectivity index is 1.66. The number of likely N-dealkylation sites (tertiary alicyclic amines) is 1. The molecule has 1 N–H and O–H groups in total. The van der Waals surface area contributed by atoms with E-state index in [2.05, 4.69) is 16.1 Å². The molecular formula is C19H19F2N3O3. The van der Waals surface area contributed by atoms with Gasteiger partial charge in [-0.15, -0.1) is 12.3 Å². The molecule has 2 aliphatic heterocycles. The van der Waals surface area contributed by atoms with Gasteiger partial charge in [-0.2, -0.15) is 10.2 Å². The quantitative estimate of drug-likeness (QED) is 0.744. The van der Waals surface area contributed by atoms with Gasteiger partial charge in [0, 0.05) is 50.8 Å². The summed E-state index contributed by atoms with van der Waals surface area (Å²) in [6, 6.07) is 3.06. The molecule has 2 aliphatic rings. The van der Waals surface area contributed by atoms with Gasteiger partial charge in [0.2, 0.25) is 5.91 Å². The van der Waals surface area contributed by atoms with Crippen LogP contribution in [-0.4, -0.2) is 40.6 Å². The molecule has 0 unspecified atom stereocenters. The molecule has 8 heteroatoms. The van der Waals surface area contributed by atoms with Crippen molar-refractivity contribution in [3.05, 3.63) is 35.4 Å². The Morgan fingerprint density at radius 1 is 1.30 bits per heavy atom. The molecule has 0 spiro atoms. The first-order valence-electron chi connectivity index (χ1n) is 8.68. The third kappa shape index (κ3) is 4.13. The van der Waals surface area contributed by atoms with Crippen LogP contribution in [0.25, 0.3) is 0 Å². The Hall–Kier alpha value is -2.82. The lowest BCUT2D eigenvalue weighted by atomic mass is 9.88. The maximum absolute atomic E-state index is 14.1. The smallest absolute Gasteiger partial charge is 0.308 e. The van der Waals surface area contributed by atoms with E-state index in [4.69, 9.17) is 6.42 Å². The van der Waals surface area contributed by atoms with E-state index in [9.17, 15) is 23.5 Å². The second-order valence-electron chi connectivity index (χ2n) is 6.90. The van der Waals surface area contributed by atoms with Gasteiger partial charge in [-0.25, -0.2) is 8.78 Å². The Morgan fingerprint density at radius 2 is 2.04 bits per heavy atom. The van der Waals surface area contributed by atoms with Gasteiger partial charge in [-0.1, -0.05) is 6.07 Å². The van der Waals surface area contributed by atoms with E-state index < -0.39 is 35.1 Å². The number of benzene rings is 1. The normalized spacial score (nSPS) is 22.5. The van der Waals surface area contributed by atoms with Crippen LogP contribution in [0.4, 0.5) is 8.78 Å². The van der Waals surface area contributed by atoms with Gasteiger partial charge in [0.05, 0.1) is 5.92 Å².